The number of hydrogen-bond acceptors (Lipinski definition) is 2. The fourth-order valence-electron chi connectivity index (χ4n) is 3.25. The van der Waals surface area contributed by atoms with Crippen LogP contribution in [0.15, 0.2) is 48.5 Å². The topological polar surface area (TPSA) is 35.6 Å². The molecule has 25 heavy (non-hydrogen) atoms. The highest BCUT2D eigenvalue weighted by molar-refractivity contribution is 5.74. The number of amides is 2. The number of benzene rings is 2. The fraction of sp³-hybridized carbons (Fsp3) is 0.381. The molecule has 1 aliphatic heterocycles. The number of nitrogens with one attached hydrogen (secondary N) is 1. The van der Waals surface area contributed by atoms with E-state index in [1.54, 1.807) is 0 Å². The van der Waals surface area contributed by atoms with E-state index in [2.05, 4.69) is 60.5 Å². The molecule has 0 saturated carbocycles. The van der Waals surface area contributed by atoms with E-state index in [9.17, 15) is 4.79 Å². The molecule has 0 atom stereocenters. The zero-order chi connectivity index (χ0) is 17.6. The lowest BCUT2D eigenvalue weighted by atomic mass is 10.1. The molecule has 2 aromatic rings. The predicted molar refractivity (Wildman–Crippen MR) is 101 cm³/mol. The van der Waals surface area contributed by atoms with Crippen molar-refractivity contribution in [2.45, 2.75) is 26.9 Å². The van der Waals surface area contributed by atoms with Gasteiger partial charge in [-0.3, -0.25) is 4.90 Å². The standard InChI is InChI=1S/C21H27N3O/c1-17-6-5-8-19(14-17)15-22-21(25)24-12-10-23(11-13-24)16-20-9-4-3-7-18(20)2/h3-9,14H,10-13,15-16H2,1-2H3,(H,22,25). The zero-order valence-corrected chi connectivity index (χ0v) is 15.2. The Morgan fingerprint density at radius 3 is 2.48 bits per heavy atom. The Hall–Kier alpha value is -2.33. The van der Waals surface area contributed by atoms with Gasteiger partial charge in [-0.05, 0) is 30.5 Å². The van der Waals surface area contributed by atoms with E-state index in [0.717, 1.165) is 38.3 Å². The second-order valence-electron chi connectivity index (χ2n) is 6.84. The summed E-state index contributed by atoms with van der Waals surface area (Å²) in [5, 5.41) is 3.04. The molecule has 0 unspecified atom stereocenters. The van der Waals surface area contributed by atoms with Gasteiger partial charge in [-0.2, -0.15) is 0 Å². The van der Waals surface area contributed by atoms with Crippen molar-refractivity contribution in [2.75, 3.05) is 26.2 Å². The normalized spacial score (nSPS) is 15.2. The molecule has 1 aliphatic rings. The third kappa shape index (κ3) is 4.83. The first-order chi connectivity index (χ1) is 12.1. The Kier molecular flexibility index (Phi) is 5.71. The molecular weight excluding hydrogens is 310 g/mol. The molecule has 0 radical (unpaired) electrons. The summed E-state index contributed by atoms with van der Waals surface area (Å²) in [5.41, 5.74) is 5.07. The summed E-state index contributed by atoms with van der Waals surface area (Å²) in [6, 6.07) is 16.8. The Labute approximate surface area is 150 Å². The minimum atomic E-state index is 0.0389. The van der Waals surface area contributed by atoms with Gasteiger partial charge in [-0.1, -0.05) is 54.1 Å². The highest BCUT2D eigenvalue weighted by Crippen LogP contribution is 2.12. The highest BCUT2D eigenvalue weighted by Gasteiger charge is 2.21. The Balaban J connectivity index is 1.45. The first-order valence-corrected chi connectivity index (χ1v) is 8.97. The van der Waals surface area contributed by atoms with Crippen LogP contribution in [0.2, 0.25) is 0 Å². The van der Waals surface area contributed by atoms with E-state index in [1.807, 2.05) is 17.0 Å². The van der Waals surface area contributed by atoms with Crippen molar-refractivity contribution in [2.24, 2.45) is 0 Å². The van der Waals surface area contributed by atoms with Crippen molar-refractivity contribution >= 4 is 6.03 Å². The summed E-state index contributed by atoms with van der Waals surface area (Å²) >= 11 is 0. The van der Waals surface area contributed by atoms with Crippen LogP contribution < -0.4 is 5.32 Å². The smallest absolute Gasteiger partial charge is 0.317 e. The van der Waals surface area contributed by atoms with Gasteiger partial charge in [0.1, 0.15) is 0 Å². The van der Waals surface area contributed by atoms with Crippen molar-refractivity contribution in [1.82, 2.24) is 15.1 Å². The predicted octanol–water partition coefficient (Wildman–Crippen LogP) is 3.33. The van der Waals surface area contributed by atoms with Crippen molar-refractivity contribution < 1.29 is 4.79 Å². The van der Waals surface area contributed by atoms with Gasteiger partial charge in [-0.25, -0.2) is 4.79 Å². The molecule has 0 aromatic heterocycles. The van der Waals surface area contributed by atoms with Crippen molar-refractivity contribution in [3.8, 4) is 0 Å². The van der Waals surface area contributed by atoms with Gasteiger partial charge in [0.2, 0.25) is 0 Å². The molecule has 132 valence electrons. The maximum atomic E-state index is 12.4. The largest absolute Gasteiger partial charge is 0.334 e. The van der Waals surface area contributed by atoms with Crippen LogP contribution in [0.1, 0.15) is 22.3 Å². The molecule has 4 nitrogen and oxygen atoms in total. The van der Waals surface area contributed by atoms with Gasteiger partial charge in [0, 0.05) is 39.3 Å². The zero-order valence-electron chi connectivity index (χ0n) is 15.2. The number of carbonyl (C=O) groups excluding carboxylic acids is 1. The summed E-state index contributed by atoms with van der Waals surface area (Å²) in [7, 11) is 0. The van der Waals surface area contributed by atoms with Gasteiger partial charge < -0.3 is 10.2 Å². The van der Waals surface area contributed by atoms with E-state index in [0.29, 0.717) is 6.54 Å². The van der Waals surface area contributed by atoms with Crippen molar-refractivity contribution in [3.05, 3.63) is 70.8 Å². The third-order valence-electron chi connectivity index (χ3n) is 4.84. The minimum Gasteiger partial charge on any atom is -0.334 e. The molecule has 0 bridgehead atoms. The average molecular weight is 337 g/mol. The molecule has 0 aliphatic carbocycles. The molecule has 1 fully saturated rings. The van der Waals surface area contributed by atoms with E-state index in [-0.39, 0.29) is 6.03 Å². The van der Waals surface area contributed by atoms with Crippen LogP contribution in [-0.2, 0) is 13.1 Å². The molecule has 2 aromatic carbocycles. The summed E-state index contributed by atoms with van der Waals surface area (Å²) < 4.78 is 0. The van der Waals surface area contributed by atoms with E-state index >= 15 is 0 Å². The SMILES string of the molecule is Cc1cccc(CNC(=O)N2CCN(Cc3ccccc3C)CC2)c1. The maximum Gasteiger partial charge on any atom is 0.317 e. The lowest BCUT2D eigenvalue weighted by molar-refractivity contribution is 0.135. The minimum absolute atomic E-state index is 0.0389. The molecule has 0 spiro atoms. The molecular formula is C21H27N3O. The number of rotatable bonds is 4. The second kappa shape index (κ2) is 8.17. The van der Waals surface area contributed by atoms with Crippen molar-refractivity contribution in [1.29, 1.82) is 0 Å². The second-order valence-corrected chi connectivity index (χ2v) is 6.84. The lowest BCUT2D eigenvalue weighted by Crippen LogP contribution is -2.51. The van der Waals surface area contributed by atoms with Gasteiger partial charge in [0.25, 0.3) is 0 Å². The quantitative estimate of drug-likeness (QED) is 0.929. The lowest BCUT2D eigenvalue weighted by Gasteiger charge is -2.35. The molecule has 1 N–H and O–H groups in total. The van der Waals surface area contributed by atoms with Gasteiger partial charge in [0.05, 0.1) is 0 Å². The van der Waals surface area contributed by atoms with Crippen LogP contribution in [0.3, 0.4) is 0 Å². The Bertz CT molecular complexity index is 721. The van der Waals surface area contributed by atoms with Crippen LogP contribution in [-0.4, -0.2) is 42.0 Å². The molecule has 4 heteroatoms. The van der Waals surface area contributed by atoms with Crippen LogP contribution in [0.25, 0.3) is 0 Å². The summed E-state index contributed by atoms with van der Waals surface area (Å²) in [6.45, 7) is 9.19. The molecule has 1 heterocycles. The number of piperazine rings is 1. The number of nitrogens with zero attached hydrogens (tertiary/aromatic N) is 2. The van der Waals surface area contributed by atoms with Crippen LogP contribution in [0, 0.1) is 13.8 Å². The summed E-state index contributed by atoms with van der Waals surface area (Å²) in [5.74, 6) is 0. The monoisotopic (exact) mass is 337 g/mol. The maximum absolute atomic E-state index is 12.4. The third-order valence-corrected chi connectivity index (χ3v) is 4.84. The summed E-state index contributed by atoms with van der Waals surface area (Å²) in [4.78, 5) is 16.7. The highest BCUT2D eigenvalue weighted by atomic mass is 16.2. The average Bonchev–Trinajstić information content (AvgIpc) is 2.62. The van der Waals surface area contributed by atoms with Gasteiger partial charge >= 0.3 is 6.03 Å². The number of carbonyl (C=O) groups is 1. The van der Waals surface area contributed by atoms with Crippen LogP contribution in [0.5, 0.6) is 0 Å². The van der Waals surface area contributed by atoms with E-state index in [1.165, 1.54) is 16.7 Å². The Morgan fingerprint density at radius 1 is 1.00 bits per heavy atom. The van der Waals surface area contributed by atoms with Crippen molar-refractivity contribution in [3.63, 3.8) is 0 Å². The van der Waals surface area contributed by atoms with E-state index in [4.69, 9.17) is 0 Å². The fourth-order valence-corrected chi connectivity index (χ4v) is 3.25. The van der Waals surface area contributed by atoms with Gasteiger partial charge in [0.15, 0.2) is 0 Å². The number of urea groups is 1. The van der Waals surface area contributed by atoms with E-state index < -0.39 is 0 Å². The van der Waals surface area contributed by atoms with Crippen LogP contribution in [0.4, 0.5) is 4.79 Å². The number of aryl methyl sites for hydroxylation is 2. The first kappa shape index (κ1) is 17.5. The van der Waals surface area contributed by atoms with Gasteiger partial charge in [-0.15, -0.1) is 0 Å². The van der Waals surface area contributed by atoms with Crippen LogP contribution >= 0.6 is 0 Å². The number of hydrogen-bond donors (Lipinski definition) is 1. The summed E-state index contributed by atoms with van der Waals surface area (Å²) in [6.07, 6.45) is 0. The first-order valence-electron chi connectivity index (χ1n) is 8.97. The molecule has 2 amide bonds. The molecule has 3 rings (SSSR count). The Morgan fingerprint density at radius 2 is 1.76 bits per heavy atom. The molecule has 1 saturated heterocycles.